The molecule has 1 aliphatic heterocycles. The Hall–Kier alpha value is -0.970. The summed E-state index contributed by atoms with van der Waals surface area (Å²) in [7, 11) is 0. The van der Waals surface area contributed by atoms with E-state index < -0.39 is 5.82 Å². The molecule has 1 aromatic carbocycles. The first kappa shape index (κ1) is 14.4. The van der Waals surface area contributed by atoms with Gasteiger partial charge in [0.1, 0.15) is 5.82 Å². The number of Topliss-reactive ketones (excluding diaryl/α,β-unsaturated/α-hetero) is 1. The molecule has 1 aliphatic rings. The van der Waals surface area contributed by atoms with Crippen molar-refractivity contribution in [1.29, 1.82) is 0 Å². The maximum absolute atomic E-state index is 13.0. The number of carbonyl (C=O) groups is 1. The van der Waals surface area contributed by atoms with Crippen LogP contribution in [-0.2, 0) is 11.2 Å². The van der Waals surface area contributed by atoms with Crippen molar-refractivity contribution in [3.8, 4) is 0 Å². The summed E-state index contributed by atoms with van der Waals surface area (Å²) in [6, 6.07) is 4.45. The number of nitrogens with one attached hydrogen (secondary N) is 1. The standard InChI is InChI=1S/C14H18ClFN2O/c15-13-9-11(2-3-14(13)16)8-12(19)10-18-6-1-4-17-5-7-18/h2-3,9,17H,1,4-8,10H2. The Labute approximate surface area is 117 Å². The minimum absolute atomic E-state index is 0.0734. The third kappa shape index (κ3) is 4.56. The lowest BCUT2D eigenvalue weighted by atomic mass is 10.1. The van der Waals surface area contributed by atoms with Crippen molar-refractivity contribution in [3.05, 3.63) is 34.6 Å². The second-order valence-electron chi connectivity index (χ2n) is 4.84. The smallest absolute Gasteiger partial charge is 0.151 e. The molecule has 0 atom stereocenters. The SMILES string of the molecule is O=C(Cc1ccc(F)c(Cl)c1)CN1CCCNCC1. The third-order valence-corrected chi connectivity index (χ3v) is 3.51. The van der Waals surface area contributed by atoms with E-state index in [-0.39, 0.29) is 10.8 Å². The molecular weight excluding hydrogens is 267 g/mol. The van der Waals surface area contributed by atoms with Crippen molar-refractivity contribution in [2.45, 2.75) is 12.8 Å². The van der Waals surface area contributed by atoms with Crippen LogP contribution in [0.25, 0.3) is 0 Å². The van der Waals surface area contributed by atoms with E-state index in [1.54, 1.807) is 6.07 Å². The molecule has 0 saturated carbocycles. The number of ketones is 1. The lowest BCUT2D eigenvalue weighted by molar-refractivity contribution is -0.119. The van der Waals surface area contributed by atoms with E-state index in [9.17, 15) is 9.18 Å². The van der Waals surface area contributed by atoms with Crippen LogP contribution in [0.4, 0.5) is 4.39 Å². The number of carbonyl (C=O) groups excluding carboxylic acids is 1. The molecule has 1 heterocycles. The molecule has 19 heavy (non-hydrogen) atoms. The zero-order valence-corrected chi connectivity index (χ0v) is 11.5. The van der Waals surface area contributed by atoms with Crippen LogP contribution in [-0.4, -0.2) is 43.4 Å². The van der Waals surface area contributed by atoms with E-state index in [1.807, 2.05) is 0 Å². The predicted octanol–water partition coefficient (Wildman–Crippen LogP) is 1.89. The maximum Gasteiger partial charge on any atom is 0.151 e. The molecule has 3 nitrogen and oxygen atoms in total. The van der Waals surface area contributed by atoms with Crippen LogP contribution in [0.1, 0.15) is 12.0 Å². The molecule has 5 heteroatoms. The van der Waals surface area contributed by atoms with Crippen LogP contribution in [0, 0.1) is 5.82 Å². The van der Waals surface area contributed by atoms with Gasteiger partial charge in [0.15, 0.2) is 5.78 Å². The first-order chi connectivity index (χ1) is 9.15. The van der Waals surface area contributed by atoms with Gasteiger partial charge in [-0.15, -0.1) is 0 Å². The van der Waals surface area contributed by atoms with Crippen LogP contribution in [0.5, 0.6) is 0 Å². The molecule has 0 amide bonds. The summed E-state index contributed by atoms with van der Waals surface area (Å²) in [5.41, 5.74) is 0.768. The van der Waals surface area contributed by atoms with Crippen LogP contribution in [0.2, 0.25) is 5.02 Å². The molecular formula is C14H18ClFN2O. The van der Waals surface area contributed by atoms with E-state index in [0.717, 1.165) is 38.2 Å². The highest BCUT2D eigenvalue weighted by Crippen LogP contribution is 2.16. The number of nitrogens with zero attached hydrogens (tertiary/aromatic N) is 1. The second-order valence-corrected chi connectivity index (χ2v) is 5.25. The van der Waals surface area contributed by atoms with Gasteiger partial charge in [-0.05, 0) is 37.2 Å². The van der Waals surface area contributed by atoms with Crippen molar-refractivity contribution in [3.63, 3.8) is 0 Å². The average Bonchev–Trinajstić information content (AvgIpc) is 2.62. The van der Waals surface area contributed by atoms with E-state index in [4.69, 9.17) is 11.6 Å². The monoisotopic (exact) mass is 284 g/mol. The van der Waals surface area contributed by atoms with Gasteiger partial charge >= 0.3 is 0 Å². The minimum Gasteiger partial charge on any atom is -0.315 e. The molecule has 1 fully saturated rings. The molecule has 0 aromatic heterocycles. The van der Waals surface area contributed by atoms with Crippen molar-refractivity contribution in [1.82, 2.24) is 10.2 Å². The van der Waals surface area contributed by atoms with Gasteiger partial charge < -0.3 is 5.32 Å². The quantitative estimate of drug-likeness (QED) is 0.916. The van der Waals surface area contributed by atoms with Crippen molar-refractivity contribution < 1.29 is 9.18 Å². The normalized spacial score (nSPS) is 17.2. The number of hydrogen-bond donors (Lipinski definition) is 1. The molecule has 0 bridgehead atoms. The fourth-order valence-corrected chi connectivity index (χ4v) is 2.45. The van der Waals surface area contributed by atoms with Gasteiger partial charge in [0.2, 0.25) is 0 Å². The van der Waals surface area contributed by atoms with Gasteiger partial charge in [-0.2, -0.15) is 0 Å². The highest BCUT2D eigenvalue weighted by Gasteiger charge is 2.13. The van der Waals surface area contributed by atoms with Crippen molar-refractivity contribution in [2.75, 3.05) is 32.7 Å². The summed E-state index contributed by atoms with van der Waals surface area (Å²) < 4.78 is 13.0. The van der Waals surface area contributed by atoms with Gasteiger partial charge in [0, 0.05) is 19.5 Å². The molecule has 1 N–H and O–H groups in total. The summed E-state index contributed by atoms with van der Waals surface area (Å²) in [6.45, 7) is 4.24. The molecule has 0 spiro atoms. The average molecular weight is 285 g/mol. The maximum atomic E-state index is 13.0. The lowest BCUT2D eigenvalue weighted by Crippen LogP contribution is -2.33. The Morgan fingerprint density at radius 3 is 3.00 bits per heavy atom. The number of hydrogen-bond acceptors (Lipinski definition) is 3. The first-order valence-electron chi connectivity index (χ1n) is 6.54. The Kier molecular flexibility index (Phi) is 5.31. The fourth-order valence-electron chi connectivity index (χ4n) is 2.24. The highest BCUT2D eigenvalue weighted by molar-refractivity contribution is 6.30. The second kappa shape index (κ2) is 6.98. The minimum atomic E-state index is -0.448. The largest absolute Gasteiger partial charge is 0.315 e. The predicted molar refractivity (Wildman–Crippen MR) is 74.0 cm³/mol. The summed E-state index contributed by atoms with van der Waals surface area (Å²) in [5.74, 6) is -0.305. The van der Waals surface area contributed by atoms with Crippen LogP contribution in [0.15, 0.2) is 18.2 Å². The van der Waals surface area contributed by atoms with Gasteiger partial charge in [-0.3, -0.25) is 9.69 Å². The third-order valence-electron chi connectivity index (χ3n) is 3.22. The number of halogens is 2. The topological polar surface area (TPSA) is 32.3 Å². The zero-order chi connectivity index (χ0) is 13.7. The van der Waals surface area contributed by atoms with E-state index in [0.29, 0.717) is 13.0 Å². The molecule has 104 valence electrons. The van der Waals surface area contributed by atoms with E-state index >= 15 is 0 Å². The fraction of sp³-hybridized carbons (Fsp3) is 0.500. The summed E-state index contributed by atoms with van der Waals surface area (Å²) >= 11 is 5.71. The van der Waals surface area contributed by atoms with Gasteiger partial charge in [-0.1, -0.05) is 17.7 Å². The summed E-state index contributed by atoms with van der Waals surface area (Å²) in [5, 5.41) is 3.38. The lowest BCUT2D eigenvalue weighted by Gasteiger charge is -2.18. The Bertz CT molecular complexity index is 445. The Morgan fingerprint density at radius 2 is 2.21 bits per heavy atom. The van der Waals surface area contributed by atoms with E-state index in [2.05, 4.69) is 10.2 Å². The van der Waals surface area contributed by atoms with Gasteiger partial charge in [0.05, 0.1) is 11.6 Å². The van der Waals surface area contributed by atoms with Crippen molar-refractivity contribution >= 4 is 17.4 Å². The van der Waals surface area contributed by atoms with E-state index in [1.165, 1.54) is 12.1 Å². The summed E-state index contributed by atoms with van der Waals surface area (Å²) in [6.07, 6.45) is 1.37. The first-order valence-corrected chi connectivity index (χ1v) is 6.91. The van der Waals surface area contributed by atoms with Crippen LogP contribution < -0.4 is 5.32 Å². The highest BCUT2D eigenvalue weighted by atomic mass is 35.5. The molecule has 0 aliphatic carbocycles. The van der Waals surface area contributed by atoms with Crippen LogP contribution >= 0.6 is 11.6 Å². The molecule has 0 unspecified atom stereocenters. The molecule has 1 saturated heterocycles. The molecule has 1 aromatic rings. The molecule has 0 radical (unpaired) electrons. The molecule has 2 rings (SSSR count). The Morgan fingerprint density at radius 1 is 1.37 bits per heavy atom. The zero-order valence-electron chi connectivity index (χ0n) is 10.8. The van der Waals surface area contributed by atoms with Crippen molar-refractivity contribution in [2.24, 2.45) is 0 Å². The van der Waals surface area contributed by atoms with Gasteiger partial charge in [-0.25, -0.2) is 4.39 Å². The number of rotatable bonds is 4. The number of benzene rings is 1. The van der Waals surface area contributed by atoms with Gasteiger partial charge in [0.25, 0.3) is 0 Å². The van der Waals surface area contributed by atoms with Crippen LogP contribution in [0.3, 0.4) is 0 Å². The summed E-state index contributed by atoms with van der Waals surface area (Å²) in [4.78, 5) is 14.2. The Balaban J connectivity index is 1.87.